The maximum Gasteiger partial charge on any atom is 0.387 e. The fourth-order valence-electron chi connectivity index (χ4n) is 5.88. The van der Waals surface area contributed by atoms with Gasteiger partial charge in [-0.05, 0) is 49.9 Å². The summed E-state index contributed by atoms with van der Waals surface area (Å²) < 4.78 is 47.1. The van der Waals surface area contributed by atoms with Gasteiger partial charge in [0.1, 0.15) is 12.4 Å². The van der Waals surface area contributed by atoms with Crippen LogP contribution in [0.1, 0.15) is 49.3 Å². The molecule has 5 nitrogen and oxygen atoms in total. The predicted octanol–water partition coefficient (Wildman–Crippen LogP) is 5.48. The van der Waals surface area contributed by atoms with E-state index in [9.17, 15) is 8.78 Å². The first kappa shape index (κ1) is 24.2. The molecule has 3 aliphatic rings. The highest BCUT2D eigenvalue weighted by Gasteiger charge is 2.62. The van der Waals surface area contributed by atoms with Crippen LogP contribution < -0.4 is 16.2 Å². The van der Waals surface area contributed by atoms with E-state index >= 15 is 4.48 Å². The summed E-state index contributed by atoms with van der Waals surface area (Å²) in [5.41, 5.74) is 14.7. The first-order chi connectivity index (χ1) is 16.5. The minimum absolute atomic E-state index is 0.0109. The minimum Gasteiger partial charge on any atom is -0.434 e. The SMILES string of the molecule is CC(C)(N)c1ccc(C2=C3N(F)CN4[C@@H](N)C[C@H](c5c(Cl)cccc5OC(F)F)C34CC=C2)cc1. The Balaban J connectivity index is 1.68. The van der Waals surface area contributed by atoms with Crippen LogP contribution in [0.15, 0.2) is 60.3 Å². The molecule has 0 amide bonds. The van der Waals surface area contributed by atoms with Crippen LogP contribution in [0.25, 0.3) is 5.57 Å². The molecule has 0 saturated carbocycles. The van der Waals surface area contributed by atoms with Crippen molar-refractivity contribution >= 4 is 17.2 Å². The highest BCUT2D eigenvalue weighted by Crippen LogP contribution is 2.60. The second-order valence-electron chi connectivity index (χ2n) is 9.95. The Bertz CT molecular complexity index is 1190. The summed E-state index contributed by atoms with van der Waals surface area (Å²) >= 11 is 6.57. The van der Waals surface area contributed by atoms with Gasteiger partial charge in [0.15, 0.2) is 0 Å². The molecule has 1 aliphatic carbocycles. The Labute approximate surface area is 207 Å². The number of alkyl halides is 2. The number of halogens is 4. The molecule has 3 atom stereocenters. The summed E-state index contributed by atoms with van der Waals surface area (Å²) in [6.45, 7) is 0.802. The number of hydrogen-bond acceptors (Lipinski definition) is 5. The Kier molecular flexibility index (Phi) is 5.91. The van der Waals surface area contributed by atoms with Crippen LogP contribution in [0.5, 0.6) is 5.75 Å². The van der Waals surface area contributed by atoms with Crippen LogP contribution in [0.2, 0.25) is 5.02 Å². The van der Waals surface area contributed by atoms with Crippen LogP contribution >= 0.6 is 11.6 Å². The van der Waals surface area contributed by atoms with Crippen molar-refractivity contribution in [2.75, 3.05) is 6.67 Å². The van der Waals surface area contributed by atoms with Gasteiger partial charge in [-0.3, -0.25) is 4.90 Å². The lowest BCUT2D eigenvalue weighted by molar-refractivity contribution is -0.0508. The van der Waals surface area contributed by atoms with E-state index in [-0.39, 0.29) is 12.4 Å². The van der Waals surface area contributed by atoms with Gasteiger partial charge >= 0.3 is 6.61 Å². The average Bonchev–Trinajstić information content (AvgIpc) is 3.23. The molecular weight excluding hydrogens is 477 g/mol. The van der Waals surface area contributed by atoms with Crippen molar-refractivity contribution in [2.45, 2.75) is 56.5 Å². The average molecular weight is 505 g/mol. The standard InChI is InChI=1S/C26H28ClF3N4O/c1-25(2,32)16-10-8-15(9-11-16)17-5-4-12-26-18(13-21(31)33(26)14-34(30)23(17)26)22-19(27)6-3-7-20(22)35-24(28)29/h3-11,18,21,24H,12-14,31-32H2,1-2H3/t18-,21-,26?/m1/s1. The molecule has 0 aromatic heterocycles. The van der Waals surface area contributed by atoms with Crippen molar-refractivity contribution in [3.05, 3.63) is 82.0 Å². The van der Waals surface area contributed by atoms with Crippen molar-refractivity contribution in [2.24, 2.45) is 11.5 Å². The predicted molar refractivity (Wildman–Crippen MR) is 130 cm³/mol. The third-order valence-electron chi connectivity index (χ3n) is 7.38. The van der Waals surface area contributed by atoms with E-state index < -0.39 is 29.8 Å². The molecule has 35 heavy (non-hydrogen) atoms. The Morgan fingerprint density at radius 2 is 1.89 bits per heavy atom. The highest BCUT2D eigenvalue weighted by molar-refractivity contribution is 6.31. The third-order valence-corrected chi connectivity index (χ3v) is 7.71. The lowest BCUT2D eigenvalue weighted by Crippen LogP contribution is -2.48. The Hall–Kier alpha value is -2.52. The molecule has 2 fully saturated rings. The molecule has 1 spiro atoms. The van der Waals surface area contributed by atoms with Gasteiger partial charge in [-0.2, -0.15) is 13.9 Å². The minimum atomic E-state index is -3.01. The van der Waals surface area contributed by atoms with Gasteiger partial charge in [-0.25, -0.2) is 0 Å². The first-order valence-corrected chi connectivity index (χ1v) is 11.9. The van der Waals surface area contributed by atoms with E-state index in [4.69, 9.17) is 27.8 Å². The lowest BCUT2D eigenvalue weighted by atomic mass is 9.71. The van der Waals surface area contributed by atoms with E-state index in [1.54, 1.807) is 12.1 Å². The summed E-state index contributed by atoms with van der Waals surface area (Å²) in [5, 5.41) is 1.01. The molecule has 2 aliphatic heterocycles. The summed E-state index contributed by atoms with van der Waals surface area (Å²) in [6, 6.07) is 12.4. The lowest BCUT2D eigenvalue weighted by Gasteiger charge is -2.40. The summed E-state index contributed by atoms with van der Waals surface area (Å²) in [4.78, 5) is 1.91. The second-order valence-corrected chi connectivity index (χ2v) is 10.4. The van der Waals surface area contributed by atoms with Crippen molar-refractivity contribution in [1.82, 2.24) is 10.0 Å². The van der Waals surface area contributed by atoms with Gasteiger partial charge in [0.05, 0.1) is 17.4 Å². The first-order valence-electron chi connectivity index (χ1n) is 11.5. The Morgan fingerprint density at radius 3 is 2.54 bits per heavy atom. The number of nitrogens with two attached hydrogens (primary N) is 2. The maximum atomic E-state index is 15.7. The molecule has 186 valence electrons. The van der Waals surface area contributed by atoms with Crippen molar-refractivity contribution < 1.29 is 18.0 Å². The van der Waals surface area contributed by atoms with Gasteiger partial charge in [0.25, 0.3) is 0 Å². The van der Waals surface area contributed by atoms with E-state index in [1.807, 2.05) is 55.2 Å². The van der Waals surface area contributed by atoms with Crippen LogP contribution in [0.4, 0.5) is 13.3 Å². The zero-order valence-electron chi connectivity index (χ0n) is 19.5. The third kappa shape index (κ3) is 3.83. The van der Waals surface area contributed by atoms with E-state index in [0.717, 1.165) is 16.2 Å². The zero-order chi connectivity index (χ0) is 25.1. The number of nitrogens with zero attached hydrogens (tertiary/aromatic N) is 2. The molecule has 0 radical (unpaired) electrons. The van der Waals surface area contributed by atoms with Crippen LogP contribution in [-0.4, -0.2) is 35.0 Å². The molecular formula is C26H28ClF3N4O. The molecule has 2 heterocycles. The van der Waals surface area contributed by atoms with Gasteiger partial charge in [0, 0.05) is 27.6 Å². The van der Waals surface area contributed by atoms with Crippen molar-refractivity contribution in [1.29, 1.82) is 0 Å². The monoisotopic (exact) mass is 504 g/mol. The number of rotatable bonds is 5. The van der Waals surface area contributed by atoms with Gasteiger partial charge in [0.2, 0.25) is 0 Å². The molecule has 4 N–H and O–H groups in total. The van der Waals surface area contributed by atoms with Crippen LogP contribution in [-0.2, 0) is 5.54 Å². The highest BCUT2D eigenvalue weighted by atomic mass is 35.5. The zero-order valence-corrected chi connectivity index (χ0v) is 20.3. The fraction of sp³-hybridized carbons (Fsp3) is 0.385. The summed E-state index contributed by atoms with van der Waals surface area (Å²) in [6.07, 6.45) is 4.28. The maximum absolute atomic E-state index is 15.7. The molecule has 2 saturated heterocycles. The summed E-state index contributed by atoms with van der Waals surface area (Å²) in [5.74, 6) is -0.471. The largest absolute Gasteiger partial charge is 0.434 e. The number of allylic oxidation sites excluding steroid dienone is 2. The van der Waals surface area contributed by atoms with Crippen molar-refractivity contribution in [3.8, 4) is 5.75 Å². The quantitative estimate of drug-likeness (QED) is 0.528. The smallest absolute Gasteiger partial charge is 0.387 e. The number of hydrogen-bond donors (Lipinski definition) is 2. The van der Waals surface area contributed by atoms with E-state index in [0.29, 0.717) is 34.7 Å². The molecule has 0 bridgehead atoms. The van der Waals surface area contributed by atoms with E-state index in [2.05, 4.69) is 0 Å². The molecule has 1 unspecified atom stereocenters. The van der Waals surface area contributed by atoms with E-state index in [1.165, 1.54) is 6.07 Å². The van der Waals surface area contributed by atoms with Gasteiger partial charge in [-0.15, -0.1) is 0 Å². The number of benzene rings is 2. The van der Waals surface area contributed by atoms with Crippen LogP contribution in [0, 0.1) is 0 Å². The molecule has 2 aromatic carbocycles. The van der Waals surface area contributed by atoms with Gasteiger partial charge in [-0.1, -0.05) is 58.6 Å². The second kappa shape index (κ2) is 8.55. The van der Waals surface area contributed by atoms with Crippen molar-refractivity contribution in [3.63, 3.8) is 0 Å². The summed E-state index contributed by atoms with van der Waals surface area (Å²) in [7, 11) is 0. The molecule has 5 rings (SSSR count). The van der Waals surface area contributed by atoms with Crippen LogP contribution in [0.3, 0.4) is 0 Å². The fourth-order valence-corrected chi connectivity index (χ4v) is 6.18. The normalized spacial score (nSPS) is 26.5. The topological polar surface area (TPSA) is 67.8 Å². The molecule has 2 aromatic rings. The molecule has 9 heteroatoms. The van der Waals surface area contributed by atoms with Gasteiger partial charge < -0.3 is 16.2 Å². The number of ether oxygens (including phenoxy) is 1. The Morgan fingerprint density at radius 1 is 1.17 bits per heavy atom.